The average Bonchev–Trinajstić information content (AvgIpc) is 3.03. The Labute approximate surface area is 169 Å². The topological polar surface area (TPSA) is 93.5 Å². The van der Waals surface area contributed by atoms with E-state index >= 15 is 0 Å². The van der Waals surface area contributed by atoms with Crippen LogP contribution in [0, 0.1) is 13.8 Å². The average molecular weight is 395 g/mol. The van der Waals surface area contributed by atoms with Crippen LogP contribution < -0.4 is 15.4 Å². The highest BCUT2D eigenvalue weighted by atomic mass is 16.5. The molecule has 3 rings (SSSR count). The lowest BCUT2D eigenvalue weighted by molar-refractivity contribution is -0.122. The van der Waals surface area contributed by atoms with Crippen molar-refractivity contribution in [3.8, 4) is 5.75 Å². The van der Waals surface area contributed by atoms with Gasteiger partial charge in [-0.05, 0) is 50.6 Å². The van der Waals surface area contributed by atoms with E-state index in [0.717, 1.165) is 22.0 Å². The molecule has 0 saturated carbocycles. The summed E-state index contributed by atoms with van der Waals surface area (Å²) in [5, 5.41) is 11.2. The van der Waals surface area contributed by atoms with Crippen LogP contribution in [0.1, 0.15) is 41.2 Å². The summed E-state index contributed by atoms with van der Waals surface area (Å²) in [6.45, 7) is 7.87. The summed E-state index contributed by atoms with van der Waals surface area (Å²) in [7, 11) is 0. The van der Waals surface area contributed by atoms with E-state index in [1.165, 1.54) is 0 Å². The maximum Gasteiger partial charge on any atom is 0.255 e. The zero-order chi connectivity index (χ0) is 21.0. The lowest BCUT2D eigenvalue weighted by atomic mass is 10.0. The second-order valence-electron chi connectivity index (χ2n) is 6.88. The summed E-state index contributed by atoms with van der Waals surface area (Å²) in [4.78, 5) is 24.9. The number of rotatable bonds is 7. The van der Waals surface area contributed by atoms with Gasteiger partial charge in [-0.3, -0.25) is 9.59 Å². The second-order valence-corrected chi connectivity index (χ2v) is 6.88. The van der Waals surface area contributed by atoms with Gasteiger partial charge in [0.1, 0.15) is 24.2 Å². The van der Waals surface area contributed by atoms with E-state index in [2.05, 4.69) is 15.8 Å². The molecule has 0 aliphatic heterocycles. The summed E-state index contributed by atoms with van der Waals surface area (Å²) in [5.41, 5.74) is 1.96. The minimum absolute atomic E-state index is 0.228. The van der Waals surface area contributed by atoms with Crippen molar-refractivity contribution in [2.75, 3.05) is 6.54 Å². The molecular weight excluding hydrogens is 370 g/mol. The highest BCUT2D eigenvalue weighted by molar-refractivity contribution is 6.03. The fourth-order valence-electron chi connectivity index (χ4n) is 3.04. The van der Waals surface area contributed by atoms with Crippen LogP contribution in [0.15, 0.2) is 40.9 Å². The Morgan fingerprint density at radius 2 is 1.86 bits per heavy atom. The third-order valence-corrected chi connectivity index (χ3v) is 4.74. The van der Waals surface area contributed by atoms with Gasteiger partial charge in [0.2, 0.25) is 5.91 Å². The molecule has 1 heterocycles. The molecule has 1 unspecified atom stereocenters. The van der Waals surface area contributed by atoms with Gasteiger partial charge in [-0.15, -0.1) is 0 Å². The van der Waals surface area contributed by atoms with Gasteiger partial charge >= 0.3 is 0 Å². The Morgan fingerprint density at radius 1 is 1.17 bits per heavy atom. The minimum Gasteiger partial charge on any atom is -0.488 e. The van der Waals surface area contributed by atoms with Crippen molar-refractivity contribution in [1.29, 1.82) is 0 Å². The maximum absolute atomic E-state index is 12.9. The SMILES string of the molecule is CCNC(=O)C(C)NC(=O)c1cc2ccccc2cc1OCc1c(C)noc1C. The summed E-state index contributed by atoms with van der Waals surface area (Å²) < 4.78 is 11.2. The van der Waals surface area contributed by atoms with Crippen LogP contribution in [0.3, 0.4) is 0 Å². The van der Waals surface area contributed by atoms with E-state index in [1.54, 1.807) is 13.0 Å². The summed E-state index contributed by atoms with van der Waals surface area (Å²) in [5.74, 6) is 0.506. The van der Waals surface area contributed by atoms with Gasteiger partial charge in [-0.25, -0.2) is 0 Å². The van der Waals surface area contributed by atoms with Crippen LogP contribution in [-0.4, -0.2) is 29.6 Å². The molecule has 2 aromatic carbocycles. The molecule has 0 saturated heterocycles. The summed E-state index contributed by atoms with van der Waals surface area (Å²) >= 11 is 0. The van der Waals surface area contributed by atoms with Crippen molar-refractivity contribution in [2.24, 2.45) is 0 Å². The van der Waals surface area contributed by atoms with Gasteiger partial charge in [0, 0.05) is 6.54 Å². The first-order valence-corrected chi connectivity index (χ1v) is 9.56. The molecule has 29 heavy (non-hydrogen) atoms. The number of carbonyl (C=O) groups is 2. The second kappa shape index (κ2) is 8.77. The van der Waals surface area contributed by atoms with Crippen molar-refractivity contribution in [2.45, 2.75) is 40.3 Å². The first kappa shape index (κ1) is 20.4. The molecule has 0 aliphatic carbocycles. The molecule has 0 radical (unpaired) electrons. The molecule has 0 spiro atoms. The van der Waals surface area contributed by atoms with E-state index in [0.29, 0.717) is 23.6 Å². The number of amides is 2. The number of hydrogen-bond donors (Lipinski definition) is 2. The fourth-order valence-corrected chi connectivity index (χ4v) is 3.04. The lowest BCUT2D eigenvalue weighted by Crippen LogP contribution is -2.44. The summed E-state index contributed by atoms with van der Waals surface area (Å²) in [6, 6.07) is 10.7. The molecule has 2 amide bonds. The third kappa shape index (κ3) is 4.56. The number of aromatic nitrogens is 1. The molecule has 152 valence electrons. The van der Waals surface area contributed by atoms with Crippen LogP contribution in [0.25, 0.3) is 10.8 Å². The Balaban J connectivity index is 1.90. The number of benzene rings is 2. The van der Waals surface area contributed by atoms with E-state index in [9.17, 15) is 9.59 Å². The van der Waals surface area contributed by atoms with Crippen molar-refractivity contribution in [3.63, 3.8) is 0 Å². The van der Waals surface area contributed by atoms with Crippen LogP contribution in [0.2, 0.25) is 0 Å². The first-order chi connectivity index (χ1) is 13.9. The number of ether oxygens (including phenoxy) is 1. The van der Waals surface area contributed by atoms with Crippen LogP contribution in [0.4, 0.5) is 0 Å². The zero-order valence-corrected chi connectivity index (χ0v) is 17.0. The zero-order valence-electron chi connectivity index (χ0n) is 17.0. The van der Waals surface area contributed by atoms with E-state index in [-0.39, 0.29) is 18.4 Å². The van der Waals surface area contributed by atoms with Gasteiger partial charge in [-0.2, -0.15) is 0 Å². The number of aryl methyl sites for hydroxylation is 2. The number of carbonyl (C=O) groups excluding carboxylic acids is 2. The number of nitrogens with one attached hydrogen (secondary N) is 2. The van der Waals surface area contributed by atoms with Crippen molar-refractivity contribution >= 4 is 22.6 Å². The monoisotopic (exact) mass is 395 g/mol. The molecule has 0 bridgehead atoms. The molecule has 1 atom stereocenters. The number of likely N-dealkylation sites (N-methyl/N-ethyl adjacent to an activating group) is 1. The first-order valence-electron chi connectivity index (χ1n) is 9.56. The van der Waals surface area contributed by atoms with E-state index in [1.807, 2.05) is 51.1 Å². The highest BCUT2D eigenvalue weighted by Crippen LogP contribution is 2.28. The predicted octanol–water partition coefficient (Wildman–Crippen LogP) is 3.28. The Hall–Kier alpha value is -3.35. The van der Waals surface area contributed by atoms with Crippen LogP contribution >= 0.6 is 0 Å². The molecule has 7 heteroatoms. The van der Waals surface area contributed by atoms with Gasteiger partial charge in [0.15, 0.2) is 0 Å². The molecule has 3 aromatic rings. The molecule has 7 nitrogen and oxygen atoms in total. The van der Waals surface area contributed by atoms with Gasteiger partial charge in [-0.1, -0.05) is 29.4 Å². The number of nitrogens with zero attached hydrogens (tertiary/aromatic N) is 1. The van der Waals surface area contributed by atoms with Gasteiger partial charge < -0.3 is 19.9 Å². The van der Waals surface area contributed by atoms with Crippen LogP contribution in [0.5, 0.6) is 5.75 Å². The quantitative estimate of drug-likeness (QED) is 0.640. The molecule has 1 aromatic heterocycles. The lowest BCUT2D eigenvalue weighted by Gasteiger charge is -2.16. The normalized spacial score (nSPS) is 11.9. The number of hydrogen-bond acceptors (Lipinski definition) is 5. The molecule has 0 fully saturated rings. The summed E-state index contributed by atoms with van der Waals surface area (Å²) in [6.07, 6.45) is 0. The minimum atomic E-state index is -0.663. The van der Waals surface area contributed by atoms with E-state index < -0.39 is 6.04 Å². The largest absolute Gasteiger partial charge is 0.488 e. The van der Waals surface area contributed by atoms with Crippen LogP contribution in [-0.2, 0) is 11.4 Å². The molecule has 0 aliphatic rings. The van der Waals surface area contributed by atoms with Crippen molar-refractivity contribution in [1.82, 2.24) is 15.8 Å². The maximum atomic E-state index is 12.9. The highest BCUT2D eigenvalue weighted by Gasteiger charge is 2.20. The standard InChI is InChI=1S/C22H25N3O4/c1-5-23-21(26)14(3)24-22(27)18-10-16-8-6-7-9-17(16)11-20(18)28-12-19-13(2)25-29-15(19)4/h6-11,14H,5,12H2,1-4H3,(H,23,26)(H,24,27). The van der Waals surface area contributed by atoms with Gasteiger partial charge in [0.25, 0.3) is 5.91 Å². The van der Waals surface area contributed by atoms with Crippen molar-refractivity contribution in [3.05, 3.63) is 59.0 Å². The van der Waals surface area contributed by atoms with Crippen molar-refractivity contribution < 1.29 is 18.8 Å². The Bertz CT molecular complexity index is 1020. The smallest absolute Gasteiger partial charge is 0.255 e. The third-order valence-electron chi connectivity index (χ3n) is 4.74. The molecule has 2 N–H and O–H groups in total. The molecular formula is C22H25N3O4. The number of fused-ring (bicyclic) bond motifs is 1. The predicted molar refractivity (Wildman–Crippen MR) is 110 cm³/mol. The van der Waals surface area contributed by atoms with E-state index in [4.69, 9.17) is 9.26 Å². The Kier molecular flexibility index (Phi) is 6.16. The fraction of sp³-hybridized carbons (Fsp3) is 0.318. The Morgan fingerprint density at radius 3 is 2.48 bits per heavy atom. The van der Waals surface area contributed by atoms with Gasteiger partial charge in [0.05, 0.1) is 16.8 Å².